The minimum absolute atomic E-state index is 0.278. The van der Waals surface area contributed by atoms with Crippen molar-refractivity contribution in [3.63, 3.8) is 0 Å². The maximum atomic E-state index is 12.7. The Morgan fingerprint density at radius 2 is 1.72 bits per heavy atom. The Morgan fingerprint density at radius 1 is 1.22 bits per heavy atom. The minimum atomic E-state index is -2.61. The average molecular weight is 258 g/mol. The van der Waals surface area contributed by atoms with Crippen molar-refractivity contribution in [1.82, 2.24) is 9.55 Å². The third-order valence-corrected chi connectivity index (χ3v) is 3.62. The van der Waals surface area contributed by atoms with Crippen molar-refractivity contribution in [2.24, 2.45) is 7.05 Å². The number of hydrogen-bond donors (Lipinski definition) is 0. The molecule has 0 radical (unpaired) electrons. The fourth-order valence-corrected chi connectivity index (χ4v) is 1.78. The Bertz CT molecular complexity index is 444. The molecule has 18 heavy (non-hydrogen) atoms. The van der Waals surface area contributed by atoms with Gasteiger partial charge in [-0.05, 0) is 27.7 Å². The van der Waals surface area contributed by atoms with E-state index in [1.54, 1.807) is 0 Å². The summed E-state index contributed by atoms with van der Waals surface area (Å²) < 4.78 is 38.1. The van der Waals surface area contributed by atoms with Gasteiger partial charge >= 0.3 is 7.12 Å². The zero-order valence-electron chi connectivity index (χ0n) is 11.2. The second-order valence-corrected chi connectivity index (χ2v) is 5.52. The highest BCUT2D eigenvalue weighted by atomic mass is 19.3. The zero-order valence-corrected chi connectivity index (χ0v) is 11.2. The molecule has 0 atom stereocenters. The van der Waals surface area contributed by atoms with E-state index in [-0.39, 0.29) is 5.82 Å². The number of rotatable bonds is 2. The smallest absolute Gasteiger partial charge is 0.398 e. The van der Waals surface area contributed by atoms with E-state index in [2.05, 4.69) is 4.98 Å². The fourth-order valence-electron chi connectivity index (χ4n) is 1.78. The van der Waals surface area contributed by atoms with Gasteiger partial charge in [0.25, 0.3) is 6.43 Å². The summed E-state index contributed by atoms with van der Waals surface area (Å²) in [4.78, 5) is 3.89. The predicted molar refractivity (Wildman–Crippen MR) is 63.9 cm³/mol. The fraction of sp³-hybridized carbons (Fsp3) is 0.727. The van der Waals surface area contributed by atoms with Gasteiger partial charge < -0.3 is 13.9 Å². The van der Waals surface area contributed by atoms with Crippen LogP contribution in [0.4, 0.5) is 8.78 Å². The summed E-state index contributed by atoms with van der Waals surface area (Å²) in [6.45, 7) is 7.63. The summed E-state index contributed by atoms with van der Waals surface area (Å²) >= 11 is 0. The summed E-state index contributed by atoms with van der Waals surface area (Å²) in [6, 6.07) is 0. The first-order valence-corrected chi connectivity index (χ1v) is 5.81. The van der Waals surface area contributed by atoms with E-state index >= 15 is 0 Å². The Morgan fingerprint density at radius 3 is 2.11 bits per heavy atom. The Labute approximate surface area is 105 Å². The summed E-state index contributed by atoms with van der Waals surface area (Å²) in [5.41, 5.74) is -0.619. The molecule has 1 aromatic rings. The molecule has 0 bridgehead atoms. The molecule has 0 aliphatic carbocycles. The number of nitrogens with zero attached hydrogens (tertiary/aromatic N) is 2. The first-order valence-electron chi connectivity index (χ1n) is 5.81. The van der Waals surface area contributed by atoms with Gasteiger partial charge in [0.2, 0.25) is 0 Å². The van der Waals surface area contributed by atoms with Gasteiger partial charge in [-0.1, -0.05) is 0 Å². The lowest BCUT2D eigenvalue weighted by Crippen LogP contribution is -2.41. The van der Waals surface area contributed by atoms with Crippen molar-refractivity contribution in [3.05, 3.63) is 12.0 Å². The SMILES string of the molecule is Cn1cc(B2OC(C)(C)C(C)(C)O2)nc1C(F)F. The molecule has 2 rings (SSSR count). The number of alkyl halides is 2. The summed E-state index contributed by atoms with van der Waals surface area (Å²) in [6.07, 6.45) is -1.09. The molecule has 0 spiro atoms. The first kappa shape index (κ1) is 13.5. The molecule has 0 aromatic carbocycles. The van der Waals surface area contributed by atoms with Gasteiger partial charge in [-0.15, -0.1) is 0 Å². The van der Waals surface area contributed by atoms with Gasteiger partial charge in [-0.25, -0.2) is 13.8 Å². The van der Waals surface area contributed by atoms with Crippen molar-refractivity contribution in [2.45, 2.75) is 45.3 Å². The molecular formula is C11H17BF2N2O2. The van der Waals surface area contributed by atoms with E-state index in [0.29, 0.717) is 5.59 Å². The van der Waals surface area contributed by atoms with Crippen molar-refractivity contribution in [2.75, 3.05) is 0 Å². The standard InChI is InChI=1S/C11H17BF2N2O2/c1-10(2)11(3,4)18-12(17-10)7-6-16(5)9(15-7)8(13)14/h6,8H,1-5H3. The van der Waals surface area contributed by atoms with Gasteiger partial charge in [0.05, 0.1) is 16.8 Å². The van der Waals surface area contributed by atoms with Crippen LogP contribution in [-0.4, -0.2) is 27.9 Å². The number of imidazole rings is 1. The first-order chi connectivity index (χ1) is 8.14. The molecule has 1 aromatic heterocycles. The van der Waals surface area contributed by atoms with E-state index in [1.165, 1.54) is 17.8 Å². The van der Waals surface area contributed by atoms with Crippen LogP contribution in [0.25, 0.3) is 0 Å². The number of halogens is 2. The van der Waals surface area contributed by atoms with E-state index in [4.69, 9.17) is 9.31 Å². The Balaban J connectivity index is 2.27. The molecule has 0 saturated carbocycles. The number of hydrogen-bond acceptors (Lipinski definition) is 3. The van der Waals surface area contributed by atoms with Crippen molar-refractivity contribution >= 4 is 12.7 Å². The van der Waals surface area contributed by atoms with Crippen LogP contribution in [0, 0.1) is 0 Å². The number of aryl methyl sites for hydroxylation is 1. The average Bonchev–Trinajstić information content (AvgIpc) is 2.66. The molecule has 1 saturated heterocycles. The van der Waals surface area contributed by atoms with Gasteiger partial charge in [0.1, 0.15) is 0 Å². The summed E-state index contributed by atoms with van der Waals surface area (Å²) in [7, 11) is 0.831. The molecule has 7 heteroatoms. The van der Waals surface area contributed by atoms with Crippen LogP contribution in [0.2, 0.25) is 0 Å². The molecule has 1 fully saturated rings. The monoisotopic (exact) mass is 258 g/mol. The molecule has 4 nitrogen and oxygen atoms in total. The van der Waals surface area contributed by atoms with Gasteiger partial charge in [0.15, 0.2) is 5.82 Å². The van der Waals surface area contributed by atoms with Crippen LogP contribution in [0.3, 0.4) is 0 Å². The lowest BCUT2D eigenvalue weighted by Gasteiger charge is -2.32. The van der Waals surface area contributed by atoms with Crippen LogP contribution in [-0.2, 0) is 16.4 Å². The highest BCUT2D eigenvalue weighted by Crippen LogP contribution is 2.36. The van der Waals surface area contributed by atoms with Crippen LogP contribution >= 0.6 is 0 Å². The molecule has 100 valence electrons. The maximum absolute atomic E-state index is 12.7. The van der Waals surface area contributed by atoms with Crippen molar-refractivity contribution < 1.29 is 18.1 Å². The Hall–Kier alpha value is -0.945. The third kappa shape index (κ3) is 2.05. The van der Waals surface area contributed by atoms with Crippen molar-refractivity contribution in [3.8, 4) is 0 Å². The molecular weight excluding hydrogens is 241 g/mol. The zero-order chi connectivity index (χ0) is 13.7. The normalized spacial score (nSPS) is 21.9. The molecule has 2 heterocycles. The van der Waals surface area contributed by atoms with E-state index < -0.39 is 24.7 Å². The predicted octanol–water partition coefficient (Wildman–Crippen LogP) is 1.66. The van der Waals surface area contributed by atoms with Gasteiger partial charge in [0, 0.05) is 13.2 Å². The van der Waals surface area contributed by atoms with E-state index in [0.717, 1.165) is 0 Å². The molecule has 1 aliphatic rings. The summed E-state index contributed by atoms with van der Waals surface area (Å²) in [5, 5.41) is 0. The van der Waals surface area contributed by atoms with Gasteiger partial charge in [-0.2, -0.15) is 0 Å². The van der Waals surface area contributed by atoms with Crippen LogP contribution in [0.1, 0.15) is 39.9 Å². The molecule has 0 N–H and O–H groups in total. The molecule has 0 amide bonds. The van der Waals surface area contributed by atoms with Crippen molar-refractivity contribution in [1.29, 1.82) is 0 Å². The topological polar surface area (TPSA) is 36.3 Å². The molecule has 1 aliphatic heterocycles. The van der Waals surface area contributed by atoms with E-state index in [9.17, 15) is 8.78 Å². The third-order valence-electron chi connectivity index (χ3n) is 3.62. The number of aromatic nitrogens is 2. The second kappa shape index (κ2) is 4.03. The minimum Gasteiger partial charge on any atom is -0.398 e. The Kier molecular flexibility index (Phi) is 3.02. The molecule has 0 unspecified atom stereocenters. The highest BCUT2D eigenvalue weighted by Gasteiger charge is 2.52. The van der Waals surface area contributed by atoms with Gasteiger partial charge in [-0.3, -0.25) is 0 Å². The quantitative estimate of drug-likeness (QED) is 0.757. The maximum Gasteiger partial charge on any atom is 0.516 e. The summed E-state index contributed by atoms with van der Waals surface area (Å²) in [5.74, 6) is -0.278. The largest absolute Gasteiger partial charge is 0.516 e. The van der Waals surface area contributed by atoms with Crippen LogP contribution in [0.15, 0.2) is 6.20 Å². The second-order valence-electron chi connectivity index (χ2n) is 5.52. The lowest BCUT2D eigenvalue weighted by atomic mass is 9.86. The highest BCUT2D eigenvalue weighted by molar-refractivity contribution is 6.61. The van der Waals surface area contributed by atoms with Crippen LogP contribution in [0.5, 0.6) is 0 Å². The van der Waals surface area contributed by atoms with E-state index in [1.807, 2.05) is 27.7 Å². The van der Waals surface area contributed by atoms with Crippen LogP contribution < -0.4 is 5.59 Å². The lowest BCUT2D eigenvalue weighted by molar-refractivity contribution is 0.00578.